The van der Waals surface area contributed by atoms with Crippen molar-refractivity contribution in [2.75, 3.05) is 0 Å². The quantitative estimate of drug-likeness (QED) is 0.785. The minimum atomic E-state index is -0.624. The average Bonchev–Trinajstić information content (AvgIpc) is 2.46. The van der Waals surface area contributed by atoms with Gasteiger partial charge in [0.1, 0.15) is 5.75 Å². The molecule has 0 radical (unpaired) electrons. The van der Waals surface area contributed by atoms with Crippen LogP contribution in [0.3, 0.4) is 0 Å². The van der Waals surface area contributed by atoms with Crippen molar-refractivity contribution in [3.05, 3.63) is 66.2 Å². The number of nitrogens with zero attached hydrogens (tertiary/aromatic N) is 1. The van der Waals surface area contributed by atoms with Crippen LogP contribution in [-0.4, -0.2) is 16.9 Å². The van der Waals surface area contributed by atoms with Crippen LogP contribution in [0.15, 0.2) is 60.7 Å². The lowest BCUT2D eigenvalue weighted by atomic mass is 9.95. The van der Waals surface area contributed by atoms with E-state index in [9.17, 15) is 9.59 Å². The highest BCUT2D eigenvalue weighted by atomic mass is 16.6. The number of rotatable bonds is 2. The summed E-state index contributed by atoms with van der Waals surface area (Å²) in [5.74, 6) is 0.226. The van der Waals surface area contributed by atoms with E-state index in [2.05, 4.69) is 0 Å². The predicted octanol–water partition coefficient (Wildman–Crippen LogP) is 3.16. The van der Waals surface area contributed by atoms with Gasteiger partial charge in [-0.05, 0) is 17.7 Å². The molecule has 0 N–H and O–H groups in total. The first kappa shape index (κ1) is 12.4. The molecule has 1 heterocycles. The van der Waals surface area contributed by atoms with E-state index in [0.717, 1.165) is 5.56 Å². The molecule has 1 atom stereocenters. The zero-order valence-corrected chi connectivity index (χ0v) is 10.7. The van der Waals surface area contributed by atoms with Crippen molar-refractivity contribution in [1.29, 1.82) is 0 Å². The fourth-order valence-corrected chi connectivity index (χ4v) is 2.23. The Morgan fingerprint density at radius 2 is 1.60 bits per heavy atom. The number of imide groups is 1. The molecule has 20 heavy (non-hydrogen) atoms. The number of para-hydroxylation sites is 1. The van der Waals surface area contributed by atoms with Gasteiger partial charge in [0, 0.05) is 0 Å². The molecule has 1 aliphatic heterocycles. The summed E-state index contributed by atoms with van der Waals surface area (Å²) >= 11 is 0. The number of likely N-dealkylation sites (tertiary alicyclic amines) is 1. The summed E-state index contributed by atoms with van der Waals surface area (Å²) in [6.45, 7) is 0. The molecule has 0 spiro atoms. The van der Waals surface area contributed by atoms with E-state index < -0.39 is 6.09 Å². The maximum atomic E-state index is 12.1. The first-order valence-corrected chi connectivity index (χ1v) is 6.39. The lowest BCUT2D eigenvalue weighted by Gasteiger charge is -2.37. The van der Waals surface area contributed by atoms with Crippen molar-refractivity contribution in [2.45, 2.75) is 12.5 Å². The van der Waals surface area contributed by atoms with Crippen molar-refractivity contribution in [1.82, 2.24) is 4.90 Å². The van der Waals surface area contributed by atoms with E-state index in [1.165, 1.54) is 4.90 Å². The standard InChI is InChI=1S/C16H13NO3/c18-15-11-14(12-7-3-1-4-8-12)17(15)16(19)20-13-9-5-2-6-10-13/h1-10,14H,11H2. The first-order chi connectivity index (χ1) is 9.75. The van der Waals surface area contributed by atoms with Gasteiger partial charge in [-0.15, -0.1) is 0 Å². The Balaban J connectivity index is 1.75. The van der Waals surface area contributed by atoms with Crippen LogP contribution < -0.4 is 4.74 Å². The second kappa shape index (κ2) is 5.17. The Kier molecular flexibility index (Phi) is 3.21. The Hall–Kier alpha value is -2.62. The maximum absolute atomic E-state index is 12.1. The Morgan fingerprint density at radius 3 is 2.20 bits per heavy atom. The van der Waals surface area contributed by atoms with Gasteiger partial charge in [0.15, 0.2) is 0 Å². The van der Waals surface area contributed by atoms with Crippen molar-refractivity contribution >= 4 is 12.0 Å². The number of hydrogen-bond acceptors (Lipinski definition) is 3. The smallest absolute Gasteiger partial charge is 0.410 e. The van der Waals surface area contributed by atoms with E-state index in [-0.39, 0.29) is 11.9 Å². The van der Waals surface area contributed by atoms with E-state index in [1.807, 2.05) is 36.4 Å². The van der Waals surface area contributed by atoms with E-state index in [4.69, 9.17) is 4.74 Å². The summed E-state index contributed by atoms with van der Waals surface area (Å²) in [5.41, 5.74) is 0.942. The summed E-state index contributed by atoms with van der Waals surface area (Å²) < 4.78 is 5.21. The molecule has 1 unspecified atom stereocenters. The lowest BCUT2D eigenvalue weighted by Crippen LogP contribution is -2.51. The van der Waals surface area contributed by atoms with Gasteiger partial charge in [0.25, 0.3) is 0 Å². The van der Waals surface area contributed by atoms with Crippen LogP contribution in [0.25, 0.3) is 0 Å². The Morgan fingerprint density at radius 1 is 1.00 bits per heavy atom. The van der Waals surface area contributed by atoms with Crippen LogP contribution in [-0.2, 0) is 4.79 Å². The summed E-state index contributed by atoms with van der Waals surface area (Å²) in [6.07, 6.45) is -0.283. The van der Waals surface area contributed by atoms with Crippen molar-refractivity contribution < 1.29 is 14.3 Å². The van der Waals surface area contributed by atoms with Crippen LogP contribution in [0.1, 0.15) is 18.0 Å². The van der Waals surface area contributed by atoms with Gasteiger partial charge in [0.2, 0.25) is 5.91 Å². The summed E-state index contributed by atoms with van der Waals surface area (Å²) in [7, 11) is 0. The second-order valence-corrected chi connectivity index (χ2v) is 4.58. The molecule has 0 bridgehead atoms. The molecular formula is C16H13NO3. The molecule has 2 aromatic rings. The predicted molar refractivity (Wildman–Crippen MR) is 73.1 cm³/mol. The third-order valence-electron chi connectivity index (χ3n) is 3.28. The van der Waals surface area contributed by atoms with Crippen LogP contribution in [0.4, 0.5) is 4.79 Å². The number of β-lactam (4-membered cyclic amide) rings is 1. The molecule has 1 saturated heterocycles. The largest absolute Gasteiger partial charge is 0.422 e. The van der Waals surface area contributed by atoms with Crippen LogP contribution in [0, 0.1) is 0 Å². The van der Waals surface area contributed by atoms with Crippen molar-refractivity contribution in [3.8, 4) is 5.75 Å². The summed E-state index contributed by atoms with van der Waals surface area (Å²) in [4.78, 5) is 24.9. The molecule has 4 nitrogen and oxygen atoms in total. The molecule has 3 rings (SSSR count). The number of carbonyl (C=O) groups is 2. The van der Waals surface area contributed by atoms with Gasteiger partial charge < -0.3 is 4.74 Å². The number of carbonyl (C=O) groups excluding carboxylic acids is 2. The number of amides is 2. The summed E-state index contributed by atoms with van der Waals surface area (Å²) in [6, 6.07) is 18.0. The minimum Gasteiger partial charge on any atom is -0.410 e. The molecule has 4 heteroatoms. The van der Waals surface area contributed by atoms with Gasteiger partial charge in [0.05, 0.1) is 12.5 Å². The van der Waals surface area contributed by atoms with Gasteiger partial charge in [-0.1, -0.05) is 48.5 Å². The Bertz CT molecular complexity index is 625. The molecule has 2 amide bonds. The lowest BCUT2D eigenvalue weighted by molar-refractivity contribution is -0.142. The molecule has 2 aromatic carbocycles. The van der Waals surface area contributed by atoms with Gasteiger partial charge in [-0.25, -0.2) is 9.69 Å². The second-order valence-electron chi connectivity index (χ2n) is 4.58. The highest BCUT2D eigenvalue weighted by Crippen LogP contribution is 2.34. The normalized spacial score (nSPS) is 17.5. The fraction of sp³-hybridized carbons (Fsp3) is 0.125. The maximum Gasteiger partial charge on any atom is 0.422 e. The van der Waals surface area contributed by atoms with Crippen molar-refractivity contribution in [2.24, 2.45) is 0 Å². The third-order valence-corrected chi connectivity index (χ3v) is 3.28. The van der Waals surface area contributed by atoms with Crippen LogP contribution in [0.5, 0.6) is 5.75 Å². The topological polar surface area (TPSA) is 46.6 Å². The third kappa shape index (κ3) is 2.28. The Labute approximate surface area is 116 Å². The highest BCUT2D eigenvalue weighted by molar-refractivity contribution is 5.98. The number of hydrogen-bond donors (Lipinski definition) is 0. The molecule has 0 aromatic heterocycles. The molecule has 0 aliphatic carbocycles. The minimum absolute atomic E-state index is 0.209. The highest BCUT2D eigenvalue weighted by Gasteiger charge is 2.42. The molecule has 0 saturated carbocycles. The molecule has 1 fully saturated rings. The number of ether oxygens (including phenoxy) is 1. The van der Waals surface area contributed by atoms with E-state index in [0.29, 0.717) is 12.2 Å². The molecular weight excluding hydrogens is 254 g/mol. The van der Waals surface area contributed by atoms with E-state index >= 15 is 0 Å². The molecule has 100 valence electrons. The van der Waals surface area contributed by atoms with E-state index in [1.54, 1.807) is 24.3 Å². The fourth-order valence-electron chi connectivity index (χ4n) is 2.23. The van der Waals surface area contributed by atoms with Gasteiger partial charge in [-0.2, -0.15) is 0 Å². The SMILES string of the molecule is O=C1CC(c2ccccc2)N1C(=O)Oc1ccccc1. The van der Waals surface area contributed by atoms with Crippen LogP contribution in [0.2, 0.25) is 0 Å². The van der Waals surface area contributed by atoms with Gasteiger partial charge in [-0.3, -0.25) is 4.79 Å². The molecule has 1 aliphatic rings. The monoisotopic (exact) mass is 267 g/mol. The zero-order chi connectivity index (χ0) is 13.9. The summed E-state index contributed by atoms with van der Waals surface area (Å²) in [5, 5.41) is 0. The number of benzene rings is 2. The van der Waals surface area contributed by atoms with Crippen molar-refractivity contribution in [3.63, 3.8) is 0 Å². The van der Waals surface area contributed by atoms with Gasteiger partial charge >= 0.3 is 6.09 Å². The average molecular weight is 267 g/mol. The van der Waals surface area contributed by atoms with Crippen LogP contribution >= 0.6 is 0 Å². The zero-order valence-electron chi connectivity index (χ0n) is 10.7. The first-order valence-electron chi connectivity index (χ1n) is 6.39.